The molecule has 2 aromatic rings. The second-order valence-electron chi connectivity index (χ2n) is 5.94. The van der Waals surface area contributed by atoms with Crippen molar-refractivity contribution in [2.45, 2.75) is 59.2 Å². The molecule has 0 aromatic carbocycles. The van der Waals surface area contributed by atoms with Gasteiger partial charge in [-0.3, -0.25) is 4.79 Å². The van der Waals surface area contributed by atoms with Crippen molar-refractivity contribution in [1.82, 2.24) is 14.8 Å². The van der Waals surface area contributed by atoms with Gasteiger partial charge in [0.1, 0.15) is 10.8 Å². The molecule has 148 valence electrons. The van der Waals surface area contributed by atoms with Crippen LogP contribution in [0.2, 0.25) is 0 Å². The van der Waals surface area contributed by atoms with Crippen LogP contribution >= 0.6 is 23.1 Å². The number of thiophene rings is 1. The molecule has 2 aromatic heterocycles. The van der Waals surface area contributed by atoms with Crippen molar-refractivity contribution in [3.63, 3.8) is 0 Å². The highest BCUT2D eigenvalue weighted by Gasteiger charge is 2.22. The Hall–Kier alpha value is -1.87. The molecule has 27 heavy (non-hydrogen) atoms. The third kappa shape index (κ3) is 5.10. The first-order valence-electron chi connectivity index (χ1n) is 9.04. The van der Waals surface area contributed by atoms with Crippen molar-refractivity contribution in [1.29, 1.82) is 0 Å². The van der Waals surface area contributed by atoms with Gasteiger partial charge in [-0.25, -0.2) is 4.79 Å². The smallest absolute Gasteiger partial charge is 0.341 e. The van der Waals surface area contributed by atoms with E-state index in [-0.39, 0.29) is 11.7 Å². The highest BCUT2D eigenvalue weighted by molar-refractivity contribution is 7.99. The maximum atomic E-state index is 12.4. The lowest BCUT2D eigenvalue weighted by Crippen LogP contribution is -2.17. The SMILES string of the molecule is CCCc1nnc(SCC(=O)Nc2sc(C)c(C)c2C(=O)OCC)n1CC. The lowest BCUT2D eigenvalue weighted by atomic mass is 10.1. The van der Waals surface area contributed by atoms with Crippen LogP contribution < -0.4 is 5.32 Å². The molecule has 0 radical (unpaired) electrons. The second-order valence-corrected chi connectivity index (χ2v) is 8.10. The summed E-state index contributed by atoms with van der Waals surface area (Å²) in [7, 11) is 0. The molecule has 0 saturated carbocycles. The first kappa shape index (κ1) is 21.4. The Morgan fingerprint density at radius 2 is 1.96 bits per heavy atom. The average molecular weight is 411 g/mol. The number of ether oxygens (including phenoxy) is 1. The van der Waals surface area contributed by atoms with Crippen molar-refractivity contribution in [2.24, 2.45) is 0 Å². The molecule has 1 N–H and O–H groups in total. The number of aromatic nitrogens is 3. The fourth-order valence-electron chi connectivity index (χ4n) is 2.61. The summed E-state index contributed by atoms with van der Waals surface area (Å²) in [5.74, 6) is 0.548. The minimum Gasteiger partial charge on any atom is -0.462 e. The molecule has 0 fully saturated rings. The van der Waals surface area contributed by atoms with Crippen LogP contribution in [0, 0.1) is 13.8 Å². The fraction of sp³-hybridized carbons (Fsp3) is 0.556. The van der Waals surface area contributed by atoms with Gasteiger partial charge >= 0.3 is 5.97 Å². The standard InChI is InChI=1S/C18H26N4O3S2/c1-6-9-13-20-21-18(22(13)7-2)26-10-14(23)19-16-15(17(24)25-8-3)11(4)12(5)27-16/h6-10H2,1-5H3,(H,19,23). The zero-order valence-electron chi connectivity index (χ0n) is 16.4. The number of nitrogens with zero attached hydrogens (tertiary/aromatic N) is 3. The number of thioether (sulfide) groups is 1. The predicted molar refractivity (Wildman–Crippen MR) is 109 cm³/mol. The summed E-state index contributed by atoms with van der Waals surface area (Å²) in [4.78, 5) is 25.6. The van der Waals surface area contributed by atoms with Crippen LogP contribution in [0.3, 0.4) is 0 Å². The number of carbonyl (C=O) groups excluding carboxylic acids is 2. The molecular formula is C18H26N4O3S2. The Balaban J connectivity index is 2.07. The molecule has 9 heteroatoms. The van der Waals surface area contributed by atoms with E-state index in [0.29, 0.717) is 17.2 Å². The molecule has 7 nitrogen and oxygen atoms in total. The summed E-state index contributed by atoms with van der Waals surface area (Å²) in [6.07, 6.45) is 1.86. The number of esters is 1. The van der Waals surface area contributed by atoms with Crippen LogP contribution in [0.15, 0.2) is 5.16 Å². The summed E-state index contributed by atoms with van der Waals surface area (Å²) in [6.45, 7) is 10.7. The maximum absolute atomic E-state index is 12.4. The molecular weight excluding hydrogens is 384 g/mol. The number of aryl methyl sites for hydroxylation is 2. The summed E-state index contributed by atoms with van der Waals surface area (Å²) < 4.78 is 7.15. The van der Waals surface area contributed by atoms with Crippen LogP contribution in [-0.2, 0) is 22.5 Å². The molecule has 0 aliphatic heterocycles. The average Bonchev–Trinajstić information content (AvgIpc) is 3.14. The Labute approximate surface area is 167 Å². The van der Waals surface area contributed by atoms with Crippen LogP contribution in [0.25, 0.3) is 0 Å². The minimum atomic E-state index is -0.405. The lowest BCUT2D eigenvalue weighted by molar-refractivity contribution is -0.113. The molecule has 2 rings (SSSR count). The normalized spacial score (nSPS) is 10.9. The number of nitrogens with one attached hydrogen (secondary N) is 1. The largest absolute Gasteiger partial charge is 0.462 e. The topological polar surface area (TPSA) is 86.1 Å². The summed E-state index contributed by atoms with van der Waals surface area (Å²) in [6, 6.07) is 0. The van der Waals surface area contributed by atoms with Crippen molar-refractivity contribution in [2.75, 3.05) is 17.7 Å². The quantitative estimate of drug-likeness (QED) is 0.499. The Kier molecular flexibility index (Phi) is 7.85. The van der Waals surface area contributed by atoms with Gasteiger partial charge in [0.15, 0.2) is 5.16 Å². The molecule has 1 amide bonds. The molecule has 0 unspecified atom stereocenters. The Morgan fingerprint density at radius 1 is 1.22 bits per heavy atom. The van der Waals surface area contributed by atoms with Gasteiger partial charge in [0.2, 0.25) is 5.91 Å². The Morgan fingerprint density at radius 3 is 2.59 bits per heavy atom. The second kappa shape index (κ2) is 9.89. The zero-order chi connectivity index (χ0) is 20.0. The fourth-order valence-corrected chi connectivity index (χ4v) is 4.49. The highest BCUT2D eigenvalue weighted by Crippen LogP contribution is 2.33. The number of amides is 1. The molecule has 0 atom stereocenters. The zero-order valence-corrected chi connectivity index (χ0v) is 18.1. The first-order chi connectivity index (χ1) is 12.9. The van der Waals surface area contributed by atoms with Crippen LogP contribution in [0.1, 0.15) is 53.8 Å². The van der Waals surface area contributed by atoms with Crippen molar-refractivity contribution in [3.05, 3.63) is 21.8 Å². The molecule has 0 spiro atoms. The van der Waals surface area contributed by atoms with Crippen molar-refractivity contribution >= 4 is 40.0 Å². The lowest BCUT2D eigenvalue weighted by Gasteiger charge is -2.08. The molecule has 0 bridgehead atoms. The summed E-state index contributed by atoms with van der Waals surface area (Å²) in [5, 5.41) is 12.5. The van der Waals surface area contributed by atoms with E-state index in [0.717, 1.165) is 40.8 Å². The minimum absolute atomic E-state index is 0.186. The Bertz CT molecular complexity index is 814. The summed E-state index contributed by atoms with van der Waals surface area (Å²) >= 11 is 2.74. The van der Waals surface area contributed by atoms with E-state index in [1.807, 2.05) is 25.3 Å². The van der Waals surface area contributed by atoms with Gasteiger partial charge in [0.05, 0.1) is 17.9 Å². The van der Waals surface area contributed by atoms with E-state index >= 15 is 0 Å². The third-order valence-electron chi connectivity index (χ3n) is 4.03. The number of rotatable bonds is 9. The van der Waals surface area contributed by atoms with Crippen molar-refractivity contribution < 1.29 is 14.3 Å². The molecule has 0 aliphatic rings. The van der Waals surface area contributed by atoms with Gasteiger partial charge in [0, 0.05) is 17.8 Å². The van der Waals surface area contributed by atoms with E-state index in [1.165, 1.54) is 23.1 Å². The van der Waals surface area contributed by atoms with Crippen LogP contribution in [0.4, 0.5) is 5.00 Å². The number of hydrogen-bond acceptors (Lipinski definition) is 7. The monoisotopic (exact) mass is 410 g/mol. The van der Waals surface area contributed by atoms with Gasteiger partial charge in [0.25, 0.3) is 0 Å². The van der Waals surface area contributed by atoms with E-state index in [2.05, 4.69) is 22.4 Å². The highest BCUT2D eigenvalue weighted by atomic mass is 32.2. The number of hydrogen-bond donors (Lipinski definition) is 1. The van der Waals surface area contributed by atoms with Gasteiger partial charge in [-0.15, -0.1) is 21.5 Å². The van der Waals surface area contributed by atoms with Gasteiger partial charge in [-0.05, 0) is 39.7 Å². The molecule has 0 saturated heterocycles. The van der Waals surface area contributed by atoms with E-state index in [9.17, 15) is 9.59 Å². The molecule has 0 aliphatic carbocycles. The maximum Gasteiger partial charge on any atom is 0.341 e. The third-order valence-corrected chi connectivity index (χ3v) is 6.12. The van der Waals surface area contributed by atoms with Gasteiger partial charge in [-0.2, -0.15) is 0 Å². The van der Waals surface area contributed by atoms with Crippen molar-refractivity contribution in [3.8, 4) is 0 Å². The van der Waals surface area contributed by atoms with E-state index in [4.69, 9.17) is 4.74 Å². The van der Waals surface area contributed by atoms with Crippen LogP contribution in [0.5, 0.6) is 0 Å². The van der Waals surface area contributed by atoms with E-state index < -0.39 is 5.97 Å². The predicted octanol–water partition coefficient (Wildman–Crippen LogP) is 3.84. The van der Waals surface area contributed by atoms with Crippen LogP contribution in [-0.4, -0.2) is 39.0 Å². The number of carbonyl (C=O) groups is 2. The van der Waals surface area contributed by atoms with E-state index in [1.54, 1.807) is 6.92 Å². The molecule has 2 heterocycles. The number of anilines is 1. The van der Waals surface area contributed by atoms with Gasteiger partial charge < -0.3 is 14.6 Å². The first-order valence-corrected chi connectivity index (χ1v) is 10.8. The van der Waals surface area contributed by atoms with Gasteiger partial charge in [-0.1, -0.05) is 18.7 Å². The summed E-state index contributed by atoms with van der Waals surface area (Å²) in [5.41, 5.74) is 1.29.